The number of carbonyl (C=O) groups excluding carboxylic acids is 5. The van der Waals surface area contributed by atoms with Crippen molar-refractivity contribution < 1.29 is 33.4 Å². The Hall–Kier alpha value is -3.73. The molecule has 1 heterocycles. The van der Waals surface area contributed by atoms with E-state index in [4.69, 9.17) is 9.47 Å². The highest BCUT2D eigenvalue weighted by atomic mass is 16.6. The van der Waals surface area contributed by atoms with E-state index < -0.39 is 59.4 Å². The standard InChI is InChI=1S/C31H44N4O7/c1-6-25(36)23(17-22-14-15-32-27(22)37)33-28(38)24(16-20-12-13-20)34-29(39)26(19(2)42-31(3,4)5)35-30(40)41-18-21-10-8-7-9-11-21/h6-11,19-20,22-24,26H,1,12-18H2,2-5H3,(H,32,37)(H,33,38)(H,34,39)(H,35,40)/t19-,22+,23+,24+,26+/m1/s1. The zero-order valence-corrected chi connectivity index (χ0v) is 24.9. The van der Waals surface area contributed by atoms with Crippen LogP contribution in [0.5, 0.6) is 0 Å². The minimum absolute atomic E-state index is 0.0139. The average molecular weight is 585 g/mol. The maximum Gasteiger partial charge on any atom is 0.408 e. The lowest BCUT2D eigenvalue weighted by Gasteiger charge is -2.31. The molecule has 4 amide bonds. The fraction of sp³-hybridized carbons (Fsp3) is 0.581. The van der Waals surface area contributed by atoms with Crippen LogP contribution in [0.2, 0.25) is 0 Å². The summed E-state index contributed by atoms with van der Waals surface area (Å²) >= 11 is 0. The molecule has 1 aliphatic carbocycles. The van der Waals surface area contributed by atoms with Gasteiger partial charge in [-0.15, -0.1) is 0 Å². The van der Waals surface area contributed by atoms with Crippen LogP contribution in [-0.2, 0) is 35.3 Å². The van der Waals surface area contributed by atoms with E-state index in [9.17, 15) is 24.0 Å². The van der Waals surface area contributed by atoms with Crippen molar-refractivity contribution in [2.24, 2.45) is 11.8 Å². The van der Waals surface area contributed by atoms with E-state index in [2.05, 4.69) is 27.8 Å². The first-order valence-electron chi connectivity index (χ1n) is 14.6. The maximum absolute atomic E-state index is 13.6. The van der Waals surface area contributed by atoms with Gasteiger partial charge in [0, 0.05) is 12.5 Å². The smallest absolute Gasteiger partial charge is 0.408 e. The number of benzene rings is 1. The topological polar surface area (TPSA) is 152 Å². The number of hydrogen-bond acceptors (Lipinski definition) is 7. The Labute approximate surface area is 247 Å². The van der Waals surface area contributed by atoms with Gasteiger partial charge in [0.25, 0.3) is 0 Å². The number of alkyl carbamates (subject to hydrolysis) is 1. The Bertz CT molecular complexity index is 1130. The summed E-state index contributed by atoms with van der Waals surface area (Å²) in [4.78, 5) is 64.5. The van der Waals surface area contributed by atoms with Crippen molar-refractivity contribution in [2.75, 3.05) is 6.54 Å². The molecule has 0 radical (unpaired) electrons. The highest BCUT2D eigenvalue weighted by Gasteiger charge is 2.37. The predicted octanol–water partition coefficient (Wildman–Crippen LogP) is 2.54. The Kier molecular flexibility index (Phi) is 11.7. The summed E-state index contributed by atoms with van der Waals surface area (Å²) in [5.74, 6) is -1.88. The number of rotatable bonds is 15. The molecule has 1 saturated carbocycles. The van der Waals surface area contributed by atoms with Crippen LogP contribution in [-0.4, -0.2) is 66.0 Å². The maximum atomic E-state index is 13.6. The van der Waals surface area contributed by atoms with Gasteiger partial charge in [0.05, 0.1) is 17.7 Å². The summed E-state index contributed by atoms with van der Waals surface area (Å²) in [5.41, 5.74) is 0.163. The Morgan fingerprint density at radius 3 is 2.24 bits per heavy atom. The van der Waals surface area contributed by atoms with Crippen molar-refractivity contribution >= 4 is 29.6 Å². The number of hydrogen-bond donors (Lipinski definition) is 4. The number of nitrogens with one attached hydrogen (secondary N) is 4. The molecule has 42 heavy (non-hydrogen) atoms. The molecule has 1 saturated heterocycles. The first-order valence-corrected chi connectivity index (χ1v) is 14.6. The highest BCUT2D eigenvalue weighted by molar-refractivity contribution is 5.98. The molecule has 0 bridgehead atoms. The molecule has 5 atom stereocenters. The van der Waals surface area contributed by atoms with E-state index in [1.807, 2.05) is 51.1 Å². The number of amides is 4. The van der Waals surface area contributed by atoms with Crippen LogP contribution in [0.4, 0.5) is 4.79 Å². The van der Waals surface area contributed by atoms with Crippen molar-refractivity contribution in [2.45, 2.75) is 96.2 Å². The SMILES string of the molecule is C=CC(=O)[C@H](C[C@@H]1CCNC1=O)NC(=O)[C@H](CC1CC1)NC(=O)[C@@H](NC(=O)OCc1ccccc1)[C@@H](C)OC(C)(C)C. The Morgan fingerprint density at radius 1 is 1.00 bits per heavy atom. The van der Waals surface area contributed by atoms with Crippen molar-refractivity contribution in [3.8, 4) is 0 Å². The van der Waals surface area contributed by atoms with Crippen molar-refractivity contribution in [3.05, 3.63) is 48.6 Å². The molecule has 4 N–H and O–H groups in total. The molecule has 0 unspecified atom stereocenters. The van der Waals surface area contributed by atoms with E-state index in [-0.39, 0.29) is 24.9 Å². The van der Waals surface area contributed by atoms with Gasteiger partial charge >= 0.3 is 6.09 Å². The van der Waals surface area contributed by atoms with E-state index in [0.29, 0.717) is 19.4 Å². The molecule has 230 valence electrons. The second kappa shape index (κ2) is 14.9. The quantitative estimate of drug-likeness (QED) is 0.231. The highest BCUT2D eigenvalue weighted by Crippen LogP contribution is 2.33. The van der Waals surface area contributed by atoms with Gasteiger partial charge in [0.2, 0.25) is 17.7 Å². The molecule has 1 aliphatic heterocycles. The van der Waals surface area contributed by atoms with Gasteiger partial charge in [-0.1, -0.05) is 49.8 Å². The molecule has 1 aromatic rings. The van der Waals surface area contributed by atoms with Gasteiger partial charge in [-0.25, -0.2) is 4.79 Å². The number of ether oxygens (including phenoxy) is 2. The van der Waals surface area contributed by atoms with E-state index in [0.717, 1.165) is 24.5 Å². The fourth-order valence-corrected chi connectivity index (χ4v) is 4.91. The third-order valence-corrected chi connectivity index (χ3v) is 7.22. The minimum Gasteiger partial charge on any atom is -0.445 e. The van der Waals surface area contributed by atoms with E-state index >= 15 is 0 Å². The van der Waals surface area contributed by atoms with Gasteiger partial charge in [-0.3, -0.25) is 19.2 Å². The van der Waals surface area contributed by atoms with Gasteiger partial charge in [0.15, 0.2) is 5.78 Å². The first kappa shape index (κ1) is 32.8. The Morgan fingerprint density at radius 2 is 1.67 bits per heavy atom. The van der Waals surface area contributed by atoms with Crippen LogP contribution in [0, 0.1) is 11.8 Å². The van der Waals surface area contributed by atoms with Gasteiger partial charge < -0.3 is 30.7 Å². The molecular weight excluding hydrogens is 540 g/mol. The molecule has 1 aromatic carbocycles. The molecule has 3 rings (SSSR count). The summed E-state index contributed by atoms with van der Waals surface area (Å²) in [6.07, 6.45) is 2.47. The first-order chi connectivity index (χ1) is 19.9. The van der Waals surface area contributed by atoms with Crippen molar-refractivity contribution in [1.82, 2.24) is 21.3 Å². The molecular formula is C31H44N4O7. The van der Waals surface area contributed by atoms with Crippen LogP contribution >= 0.6 is 0 Å². The van der Waals surface area contributed by atoms with Crippen LogP contribution in [0.25, 0.3) is 0 Å². The summed E-state index contributed by atoms with van der Waals surface area (Å²) in [6.45, 7) is 11.2. The van der Waals surface area contributed by atoms with E-state index in [1.54, 1.807) is 6.92 Å². The van der Waals surface area contributed by atoms with E-state index in [1.165, 1.54) is 0 Å². The normalized spacial score (nSPS) is 19.4. The molecule has 0 spiro atoms. The lowest BCUT2D eigenvalue weighted by molar-refractivity contribution is -0.136. The largest absolute Gasteiger partial charge is 0.445 e. The molecule has 11 heteroatoms. The zero-order chi connectivity index (χ0) is 30.9. The lowest BCUT2D eigenvalue weighted by Crippen LogP contribution is -2.59. The lowest BCUT2D eigenvalue weighted by atomic mass is 9.95. The van der Waals surface area contributed by atoms with Crippen LogP contribution < -0.4 is 21.3 Å². The molecule has 2 fully saturated rings. The Balaban J connectivity index is 1.72. The monoisotopic (exact) mass is 584 g/mol. The average Bonchev–Trinajstić information content (AvgIpc) is 3.67. The zero-order valence-electron chi connectivity index (χ0n) is 24.9. The summed E-state index contributed by atoms with van der Waals surface area (Å²) in [6, 6.07) is 6.04. The third-order valence-electron chi connectivity index (χ3n) is 7.22. The van der Waals surface area contributed by atoms with Crippen molar-refractivity contribution in [1.29, 1.82) is 0 Å². The van der Waals surface area contributed by atoms with Crippen LogP contribution in [0.1, 0.15) is 65.4 Å². The van der Waals surface area contributed by atoms with Crippen LogP contribution in [0.3, 0.4) is 0 Å². The predicted molar refractivity (Wildman–Crippen MR) is 156 cm³/mol. The summed E-state index contributed by atoms with van der Waals surface area (Å²) in [7, 11) is 0. The second-order valence-corrected chi connectivity index (χ2v) is 12.0. The fourth-order valence-electron chi connectivity index (χ4n) is 4.91. The second-order valence-electron chi connectivity index (χ2n) is 12.0. The minimum atomic E-state index is -1.17. The number of carbonyl (C=O) groups is 5. The third kappa shape index (κ3) is 10.6. The van der Waals surface area contributed by atoms with Crippen LogP contribution in [0.15, 0.2) is 43.0 Å². The molecule has 11 nitrogen and oxygen atoms in total. The summed E-state index contributed by atoms with van der Waals surface area (Å²) < 4.78 is 11.3. The molecule has 2 aliphatic rings. The molecule has 0 aromatic heterocycles. The van der Waals surface area contributed by atoms with Gasteiger partial charge in [-0.05, 0) is 64.5 Å². The summed E-state index contributed by atoms with van der Waals surface area (Å²) in [5, 5.41) is 10.9. The van der Waals surface area contributed by atoms with Gasteiger partial charge in [0.1, 0.15) is 18.7 Å². The number of ketones is 1. The van der Waals surface area contributed by atoms with Gasteiger partial charge in [-0.2, -0.15) is 0 Å². The van der Waals surface area contributed by atoms with Crippen molar-refractivity contribution in [3.63, 3.8) is 0 Å².